The molecule has 5 rings (SSSR count). The number of nitrogens with zero attached hydrogens (tertiary/aromatic N) is 2. The fourth-order valence-corrected chi connectivity index (χ4v) is 5.20. The molecule has 0 N–H and O–H groups in total. The second-order valence-electron chi connectivity index (χ2n) is 8.70. The summed E-state index contributed by atoms with van der Waals surface area (Å²) in [6.07, 6.45) is 8.31. The van der Waals surface area contributed by atoms with E-state index in [-0.39, 0.29) is 29.2 Å². The average molecular weight is 553 g/mol. The Labute approximate surface area is 233 Å². The SMILES string of the molecule is C=CCOC(=O)C1=C(C)N=c2sc(=CC=Cc3ccccc3)c(=O)n2C1c1ccc(OC(=O)c2ccco2)cc1. The van der Waals surface area contributed by atoms with E-state index < -0.39 is 18.0 Å². The molecule has 200 valence electrons. The van der Waals surface area contributed by atoms with Crippen LogP contribution in [0.4, 0.5) is 0 Å². The maximum atomic E-state index is 13.6. The number of benzene rings is 2. The Morgan fingerprint density at radius 3 is 2.55 bits per heavy atom. The molecule has 0 bridgehead atoms. The predicted molar refractivity (Wildman–Crippen MR) is 151 cm³/mol. The summed E-state index contributed by atoms with van der Waals surface area (Å²) < 4.78 is 17.8. The van der Waals surface area contributed by atoms with Crippen molar-refractivity contribution in [1.82, 2.24) is 4.57 Å². The highest BCUT2D eigenvalue weighted by Crippen LogP contribution is 2.31. The van der Waals surface area contributed by atoms with E-state index in [1.807, 2.05) is 42.5 Å². The molecular formula is C31H24N2O6S. The first-order chi connectivity index (χ1) is 19.5. The Hall–Kier alpha value is -5.02. The Balaban J connectivity index is 1.54. The molecule has 40 heavy (non-hydrogen) atoms. The lowest BCUT2D eigenvalue weighted by molar-refractivity contribution is -0.138. The van der Waals surface area contributed by atoms with Gasteiger partial charge in [-0.25, -0.2) is 14.6 Å². The van der Waals surface area contributed by atoms with E-state index in [4.69, 9.17) is 13.9 Å². The van der Waals surface area contributed by atoms with Gasteiger partial charge in [-0.05, 0) is 48.4 Å². The van der Waals surface area contributed by atoms with Crippen molar-refractivity contribution >= 4 is 35.4 Å². The number of carbonyl (C=O) groups is 2. The summed E-state index contributed by atoms with van der Waals surface area (Å²) in [5.41, 5.74) is 2.01. The topological polar surface area (TPSA) is 100 Å². The number of fused-ring (bicyclic) bond motifs is 1. The summed E-state index contributed by atoms with van der Waals surface area (Å²) in [6, 6.07) is 18.6. The Morgan fingerprint density at radius 1 is 1.07 bits per heavy atom. The van der Waals surface area contributed by atoms with Crippen molar-refractivity contribution in [2.45, 2.75) is 13.0 Å². The van der Waals surface area contributed by atoms with E-state index in [9.17, 15) is 14.4 Å². The van der Waals surface area contributed by atoms with Crippen LogP contribution in [0.5, 0.6) is 5.75 Å². The van der Waals surface area contributed by atoms with E-state index in [0.29, 0.717) is 20.6 Å². The number of esters is 2. The van der Waals surface area contributed by atoms with E-state index >= 15 is 0 Å². The van der Waals surface area contributed by atoms with E-state index in [1.54, 1.807) is 43.3 Å². The molecule has 0 aliphatic carbocycles. The zero-order valence-corrected chi connectivity index (χ0v) is 22.3. The number of furan rings is 1. The van der Waals surface area contributed by atoms with Crippen molar-refractivity contribution in [1.29, 1.82) is 0 Å². The van der Waals surface area contributed by atoms with Crippen LogP contribution in [0.3, 0.4) is 0 Å². The second kappa shape index (κ2) is 11.8. The highest BCUT2D eigenvalue weighted by molar-refractivity contribution is 7.07. The summed E-state index contributed by atoms with van der Waals surface area (Å²) in [6.45, 7) is 5.32. The minimum atomic E-state index is -0.802. The number of hydrogen-bond donors (Lipinski definition) is 0. The number of carbonyl (C=O) groups excluding carboxylic acids is 2. The molecule has 8 nitrogen and oxygen atoms in total. The fourth-order valence-electron chi connectivity index (χ4n) is 4.21. The lowest BCUT2D eigenvalue weighted by Gasteiger charge is -2.24. The number of allylic oxidation sites excluding steroid dienone is 2. The van der Waals surface area contributed by atoms with Gasteiger partial charge < -0.3 is 13.9 Å². The molecule has 0 fully saturated rings. The summed E-state index contributed by atoms with van der Waals surface area (Å²) in [7, 11) is 0. The quantitative estimate of drug-likeness (QED) is 0.182. The van der Waals surface area contributed by atoms with Crippen LogP contribution in [0, 0.1) is 0 Å². The third-order valence-electron chi connectivity index (χ3n) is 6.04. The maximum Gasteiger partial charge on any atom is 0.379 e. The highest BCUT2D eigenvalue weighted by atomic mass is 32.1. The van der Waals surface area contributed by atoms with Gasteiger partial charge in [-0.1, -0.05) is 78.6 Å². The Kier molecular flexibility index (Phi) is 7.84. The standard InChI is InChI=1S/C31H24N2O6S/c1-3-18-38-30(36)26-20(2)32-31-33(28(34)25(40-31)13-7-11-21-9-5-4-6-10-21)27(26)22-14-16-23(17-15-22)39-29(35)24-12-8-19-37-24/h3-17,19,27H,1,18H2,2H3. The lowest BCUT2D eigenvalue weighted by Crippen LogP contribution is -2.39. The van der Waals surface area contributed by atoms with Gasteiger partial charge in [0.15, 0.2) is 4.80 Å². The molecule has 1 aliphatic rings. The summed E-state index contributed by atoms with van der Waals surface area (Å²) >= 11 is 1.24. The Morgan fingerprint density at radius 2 is 1.85 bits per heavy atom. The summed E-state index contributed by atoms with van der Waals surface area (Å²) in [5, 5.41) is 0. The van der Waals surface area contributed by atoms with Crippen molar-refractivity contribution in [3.8, 4) is 5.75 Å². The lowest BCUT2D eigenvalue weighted by atomic mass is 9.96. The molecule has 0 radical (unpaired) electrons. The molecule has 2 aromatic carbocycles. The van der Waals surface area contributed by atoms with Crippen molar-refractivity contribution in [2.24, 2.45) is 4.99 Å². The summed E-state index contributed by atoms with van der Waals surface area (Å²) in [4.78, 5) is 44.1. The number of hydrogen-bond acceptors (Lipinski definition) is 8. The zero-order chi connectivity index (χ0) is 28.1. The normalized spacial score (nSPS) is 15.0. The molecule has 0 saturated heterocycles. The van der Waals surface area contributed by atoms with E-state index in [0.717, 1.165) is 5.56 Å². The van der Waals surface area contributed by atoms with Crippen molar-refractivity contribution in [3.05, 3.63) is 140 Å². The molecule has 1 aliphatic heterocycles. The van der Waals surface area contributed by atoms with Crippen molar-refractivity contribution in [3.63, 3.8) is 0 Å². The number of ether oxygens (including phenoxy) is 2. The van der Waals surface area contributed by atoms with Gasteiger partial charge in [0.25, 0.3) is 5.56 Å². The second-order valence-corrected chi connectivity index (χ2v) is 9.71. The van der Waals surface area contributed by atoms with Gasteiger partial charge in [-0.2, -0.15) is 0 Å². The van der Waals surface area contributed by atoms with Crippen LogP contribution in [0.1, 0.15) is 34.6 Å². The molecule has 3 heterocycles. The third kappa shape index (κ3) is 5.55. The van der Waals surface area contributed by atoms with Gasteiger partial charge in [-0.15, -0.1) is 0 Å². The van der Waals surface area contributed by atoms with Crippen LogP contribution < -0.4 is 19.6 Å². The molecule has 0 spiro atoms. The fraction of sp³-hybridized carbons (Fsp3) is 0.0968. The van der Waals surface area contributed by atoms with Crippen LogP contribution in [0.2, 0.25) is 0 Å². The third-order valence-corrected chi connectivity index (χ3v) is 7.04. The van der Waals surface area contributed by atoms with Gasteiger partial charge in [-0.3, -0.25) is 9.36 Å². The van der Waals surface area contributed by atoms with Gasteiger partial charge in [0, 0.05) is 0 Å². The molecule has 0 saturated carbocycles. The Bertz CT molecular complexity index is 1790. The maximum absolute atomic E-state index is 13.6. The minimum absolute atomic E-state index is 0.0126. The van der Waals surface area contributed by atoms with Crippen molar-refractivity contribution in [2.75, 3.05) is 6.61 Å². The molecule has 1 unspecified atom stereocenters. The molecule has 1 atom stereocenters. The number of thiazole rings is 1. The first-order valence-corrected chi connectivity index (χ1v) is 13.2. The molecule has 4 aromatic rings. The first kappa shape index (κ1) is 26.6. The van der Waals surface area contributed by atoms with Gasteiger partial charge in [0.2, 0.25) is 5.76 Å². The number of rotatable bonds is 8. The first-order valence-electron chi connectivity index (χ1n) is 12.3. The largest absolute Gasteiger partial charge is 0.458 e. The summed E-state index contributed by atoms with van der Waals surface area (Å²) in [5.74, 6) is -0.889. The predicted octanol–water partition coefficient (Wildman–Crippen LogP) is 4.44. The van der Waals surface area contributed by atoms with Gasteiger partial charge in [0.1, 0.15) is 12.4 Å². The smallest absolute Gasteiger partial charge is 0.379 e. The van der Waals surface area contributed by atoms with E-state index in [2.05, 4.69) is 11.6 Å². The molecule has 2 aromatic heterocycles. The van der Waals surface area contributed by atoms with Crippen LogP contribution in [0.25, 0.3) is 12.2 Å². The van der Waals surface area contributed by atoms with Crippen LogP contribution >= 0.6 is 11.3 Å². The minimum Gasteiger partial charge on any atom is -0.458 e. The molecule has 9 heteroatoms. The van der Waals surface area contributed by atoms with Crippen LogP contribution in [-0.2, 0) is 9.53 Å². The zero-order valence-electron chi connectivity index (χ0n) is 21.5. The average Bonchev–Trinajstić information content (AvgIpc) is 3.61. The van der Waals surface area contributed by atoms with Gasteiger partial charge >= 0.3 is 11.9 Å². The monoisotopic (exact) mass is 552 g/mol. The van der Waals surface area contributed by atoms with Crippen LogP contribution in [-0.4, -0.2) is 23.1 Å². The van der Waals surface area contributed by atoms with Crippen LogP contribution in [0.15, 0.2) is 117 Å². The molecule has 0 amide bonds. The highest BCUT2D eigenvalue weighted by Gasteiger charge is 2.33. The molecular weight excluding hydrogens is 528 g/mol. The van der Waals surface area contributed by atoms with Crippen molar-refractivity contribution < 1.29 is 23.5 Å². The number of aromatic nitrogens is 1. The van der Waals surface area contributed by atoms with E-state index in [1.165, 1.54) is 34.3 Å². The van der Waals surface area contributed by atoms with Gasteiger partial charge in [0.05, 0.1) is 28.1 Å².